The van der Waals surface area contributed by atoms with Crippen molar-refractivity contribution in [2.75, 3.05) is 11.9 Å². The van der Waals surface area contributed by atoms with Gasteiger partial charge < -0.3 is 4.74 Å². The molecule has 0 bridgehead atoms. The third-order valence-electron chi connectivity index (χ3n) is 2.31. The largest absolute Gasteiger partial charge is 0.462 e. The number of nitriles is 1. The molecule has 0 radical (unpaired) electrons. The highest BCUT2D eigenvalue weighted by Crippen LogP contribution is 2.15. The van der Waals surface area contributed by atoms with Crippen LogP contribution in [0.2, 0.25) is 0 Å². The maximum Gasteiger partial charge on any atom is 0.338 e. The quantitative estimate of drug-likeness (QED) is 0.620. The first-order valence-electron chi connectivity index (χ1n) is 5.49. The van der Waals surface area contributed by atoms with Crippen molar-refractivity contribution in [3.8, 4) is 6.07 Å². The van der Waals surface area contributed by atoms with Gasteiger partial charge in [0.15, 0.2) is 0 Å². The van der Waals surface area contributed by atoms with Crippen LogP contribution in [-0.4, -0.2) is 17.9 Å². The predicted octanol–water partition coefficient (Wildman–Crippen LogP) is 3.06. The highest BCUT2D eigenvalue weighted by molar-refractivity contribution is 9.09. The van der Waals surface area contributed by atoms with Crippen molar-refractivity contribution in [1.29, 1.82) is 5.26 Å². The standard InChI is InChI=1S/C13H14BrNO2/c1-2-17-13(16)12-6-5-10(9-15)8-11(12)4-3-7-14/h5-6,8H,2-4,7H2,1H3. The molecule has 1 aromatic rings. The summed E-state index contributed by atoms with van der Waals surface area (Å²) in [6, 6.07) is 7.15. The van der Waals surface area contributed by atoms with E-state index in [0.717, 1.165) is 23.7 Å². The van der Waals surface area contributed by atoms with Crippen LogP contribution in [0, 0.1) is 11.3 Å². The molecule has 0 spiro atoms. The van der Waals surface area contributed by atoms with E-state index in [0.29, 0.717) is 17.7 Å². The van der Waals surface area contributed by atoms with Gasteiger partial charge >= 0.3 is 5.97 Å². The van der Waals surface area contributed by atoms with Gasteiger partial charge in [-0.25, -0.2) is 4.79 Å². The van der Waals surface area contributed by atoms with E-state index in [1.807, 2.05) is 0 Å². The molecule has 17 heavy (non-hydrogen) atoms. The minimum absolute atomic E-state index is 0.318. The van der Waals surface area contributed by atoms with Crippen molar-refractivity contribution < 1.29 is 9.53 Å². The van der Waals surface area contributed by atoms with Gasteiger partial charge in [-0.2, -0.15) is 5.26 Å². The van der Waals surface area contributed by atoms with Crippen LogP contribution >= 0.6 is 15.9 Å². The number of esters is 1. The zero-order valence-electron chi connectivity index (χ0n) is 9.70. The summed E-state index contributed by atoms with van der Waals surface area (Å²) in [4.78, 5) is 11.7. The topological polar surface area (TPSA) is 50.1 Å². The molecule has 0 amide bonds. The molecule has 0 aliphatic heterocycles. The van der Waals surface area contributed by atoms with E-state index in [2.05, 4.69) is 22.0 Å². The number of hydrogen-bond acceptors (Lipinski definition) is 3. The molecule has 90 valence electrons. The fraction of sp³-hybridized carbons (Fsp3) is 0.385. The predicted molar refractivity (Wildman–Crippen MR) is 69.2 cm³/mol. The van der Waals surface area contributed by atoms with Gasteiger partial charge in [-0.15, -0.1) is 0 Å². The Bertz CT molecular complexity index is 438. The van der Waals surface area contributed by atoms with Crippen LogP contribution in [0.15, 0.2) is 18.2 Å². The van der Waals surface area contributed by atoms with Crippen molar-refractivity contribution >= 4 is 21.9 Å². The minimum Gasteiger partial charge on any atom is -0.462 e. The van der Waals surface area contributed by atoms with E-state index in [4.69, 9.17) is 10.00 Å². The maximum absolute atomic E-state index is 11.7. The highest BCUT2D eigenvalue weighted by atomic mass is 79.9. The first-order valence-corrected chi connectivity index (χ1v) is 6.61. The van der Waals surface area contributed by atoms with Gasteiger partial charge in [-0.05, 0) is 43.5 Å². The van der Waals surface area contributed by atoms with Gasteiger partial charge in [-0.1, -0.05) is 15.9 Å². The Morgan fingerprint density at radius 1 is 1.53 bits per heavy atom. The van der Waals surface area contributed by atoms with Crippen LogP contribution in [0.5, 0.6) is 0 Å². The second kappa shape index (κ2) is 7.08. The summed E-state index contributed by atoms with van der Waals surface area (Å²) in [6.07, 6.45) is 1.68. The average molecular weight is 296 g/mol. The molecular weight excluding hydrogens is 282 g/mol. The van der Waals surface area contributed by atoms with Gasteiger partial charge in [0, 0.05) is 5.33 Å². The minimum atomic E-state index is -0.318. The smallest absolute Gasteiger partial charge is 0.338 e. The second-order valence-electron chi connectivity index (χ2n) is 3.50. The first kappa shape index (κ1) is 13.7. The molecule has 3 nitrogen and oxygen atoms in total. The molecular formula is C13H14BrNO2. The van der Waals surface area contributed by atoms with E-state index in [9.17, 15) is 4.79 Å². The lowest BCUT2D eigenvalue weighted by atomic mass is 10.0. The van der Waals surface area contributed by atoms with Crippen LogP contribution in [0.25, 0.3) is 0 Å². The Hall–Kier alpha value is -1.34. The monoisotopic (exact) mass is 295 g/mol. The Morgan fingerprint density at radius 3 is 2.88 bits per heavy atom. The Morgan fingerprint density at radius 2 is 2.29 bits per heavy atom. The summed E-state index contributed by atoms with van der Waals surface area (Å²) in [6.45, 7) is 2.14. The number of aryl methyl sites for hydroxylation is 1. The maximum atomic E-state index is 11.7. The van der Waals surface area contributed by atoms with E-state index in [1.54, 1.807) is 25.1 Å². The molecule has 0 N–H and O–H groups in total. The molecule has 1 aromatic carbocycles. The SMILES string of the molecule is CCOC(=O)c1ccc(C#N)cc1CCCBr. The number of ether oxygens (including phenoxy) is 1. The molecule has 0 aliphatic rings. The third-order valence-corrected chi connectivity index (χ3v) is 2.87. The van der Waals surface area contributed by atoms with Crippen molar-refractivity contribution in [3.05, 3.63) is 34.9 Å². The summed E-state index contributed by atoms with van der Waals surface area (Å²) in [5, 5.41) is 9.71. The van der Waals surface area contributed by atoms with Gasteiger partial charge in [0.05, 0.1) is 23.8 Å². The Labute approximate surface area is 110 Å². The molecule has 0 aliphatic carbocycles. The van der Waals surface area contributed by atoms with Crippen LogP contribution < -0.4 is 0 Å². The fourth-order valence-corrected chi connectivity index (χ4v) is 1.82. The number of carbonyl (C=O) groups is 1. The molecule has 0 saturated heterocycles. The number of nitrogens with zero attached hydrogens (tertiary/aromatic N) is 1. The lowest BCUT2D eigenvalue weighted by Crippen LogP contribution is -2.08. The number of hydrogen-bond donors (Lipinski definition) is 0. The summed E-state index contributed by atoms with van der Waals surface area (Å²) in [5.74, 6) is -0.318. The van der Waals surface area contributed by atoms with Gasteiger partial charge in [0.2, 0.25) is 0 Å². The van der Waals surface area contributed by atoms with E-state index in [1.165, 1.54) is 0 Å². The molecule has 0 fully saturated rings. The molecule has 0 atom stereocenters. The fourth-order valence-electron chi connectivity index (χ4n) is 1.54. The summed E-state index contributed by atoms with van der Waals surface area (Å²) in [5.41, 5.74) is 2.01. The number of halogens is 1. The third kappa shape index (κ3) is 3.86. The highest BCUT2D eigenvalue weighted by Gasteiger charge is 2.12. The lowest BCUT2D eigenvalue weighted by Gasteiger charge is -2.08. The summed E-state index contributed by atoms with van der Waals surface area (Å²) >= 11 is 3.35. The number of benzene rings is 1. The number of alkyl halides is 1. The Kier molecular flexibility index (Phi) is 5.71. The molecule has 0 saturated carbocycles. The van der Waals surface area contributed by atoms with Gasteiger partial charge in [0.1, 0.15) is 0 Å². The van der Waals surface area contributed by atoms with Crippen molar-refractivity contribution in [2.45, 2.75) is 19.8 Å². The zero-order chi connectivity index (χ0) is 12.7. The van der Waals surface area contributed by atoms with Gasteiger partial charge in [-0.3, -0.25) is 0 Å². The normalized spacial score (nSPS) is 9.71. The van der Waals surface area contributed by atoms with E-state index >= 15 is 0 Å². The van der Waals surface area contributed by atoms with Crippen LogP contribution in [0.4, 0.5) is 0 Å². The number of rotatable bonds is 5. The Balaban J connectivity index is 3.02. The molecule has 1 rings (SSSR count). The van der Waals surface area contributed by atoms with Crippen molar-refractivity contribution in [1.82, 2.24) is 0 Å². The average Bonchev–Trinajstić information content (AvgIpc) is 2.36. The summed E-state index contributed by atoms with van der Waals surface area (Å²) in [7, 11) is 0. The lowest BCUT2D eigenvalue weighted by molar-refractivity contribution is 0.0525. The van der Waals surface area contributed by atoms with Crippen LogP contribution in [0.3, 0.4) is 0 Å². The van der Waals surface area contributed by atoms with Crippen molar-refractivity contribution in [3.63, 3.8) is 0 Å². The van der Waals surface area contributed by atoms with Crippen LogP contribution in [0.1, 0.15) is 34.8 Å². The second-order valence-corrected chi connectivity index (χ2v) is 4.29. The molecule has 0 aromatic heterocycles. The van der Waals surface area contributed by atoms with Crippen molar-refractivity contribution in [2.24, 2.45) is 0 Å². The molecule has 4 heteroatoms. The summed E-state index contributed by atoms with van der Waals surface area (Å²) < 4.78 is 4.99. The number of carbonyl (C=O) groups excluding carboxylic acids is 1. The zero-order valence-corrected chi connectivity index (χ0v) is 11.3. The van der Waals surface area contributed by atoms with Crippen LogP contribution in [-0.2, 0) is 11.2 Å². The van der Waals surface area contributed by atoms with Gasteiger partial charge in [0.25, 0.3) is 0 Å². The first-order chi connectivity index (χ1) is 8.22. The molecule has 0 heterocycles. The van der Waals surface area contributed by atoms with E-state index < -0.39 is 0 Å². The molecule has 0 unspecified atom stereocenters. The van der Waals surface area contributed by atoms with E-state index in [-0.39, 0.29) is 5.97 Å².